The highest BCUT2D eigenvalue weighted by Crippen LogP contribution is 2.61. The molecule has 3 aliphatic carbocycles. The lowest BCUT2D eigenvalue weighted by Crippen LogP contribution is -2.62. The second-order valence-corrected chi connectivity index (χ2v) is 19.7. The summed E-state index contributed by atoms with van der Waals surface area (Å²) in [5.74, 6) is 0.808. The number of likely N-dealkylation sites (N-methyl/N-ethyl adjacent to an activating group) is 2. The van der Waals surface area contributed by atoms with Crippen LogP contribution in [0.2, 0.25) is 0 Å². The minimum atomic E-state index is -0.932. The molecule has 342 valence electrons. The number of rotatable bonds is 16. The number of nitrogens with zero attached hydrogens (tertiary/aromatic N) is 4. The molecule has 3 saturated carbocycles. The molecule has 2 heterocycles. The first kappa shape index (κ1) is 46.5. The molecule has 2 aliphatic heterocycles. The van der Waals surface area contributed by atoms with E-state index >= 15 is 0 Å². The Labute approximate surface area is 374 Å². The molecule has 0 aromatic heterocycles. The van der Waals surface area contributed by atoms with Crippen LogP contribution in [0.15, 0.2) is 66.7 Å². The molecule has 5 aliphatic rings. The fourth-order valence-corrected chi connectivity index (χ4v) is 11.3. The van der Waals surface area contributed by atoms with Crippen molar-refractivity contribution in [2.75, 3.05) is 59.9 Å². The zero-order chi connectivity index (χ0) is 45.3. The molecule has 3 aromatic carbocycles. The predicted octanol–water partition coefficient (Wildman–Crippen LogP) is 4.98. The lowest BCUT2D eigenvalue weighted by atomic mass is 9.45. The van der Waals surface area contributed by atoms with Crippen LogP contribution in [0.4, 0.5) is 5.69 Å². The molecular weight excluding hydrogens is 797 g/mol. The van der Waals surface area contributed by atoms with E-state index in [2.05, 4.69) is 53.3 Å². The fraction of sp³-hybridized carbons (Fsp3) is 0.580. The number of hydrogen-bond acceptors (Lipinski definition) is 10. The Morgan fingerprint density at radius 2 is 1.76 bits per heavy atom. The minimum Gasteiger partial charge on any atom is -0.496 e. The number of carbonyl (C=O) groups is 3. The summed E-state index contributed by atoms with van der Waals surface area (Å²) < 4.78 is 6.21. The van der Waals surface area contributed by atoms with Gasteiger partial charge in [0, 0.05) is 67.6 Å². The number of benzene rings is 3. The zero-order valence-corrected chi connectivity index (χ0v) is 38.7. The summed E-state index contributed by atoms with van der Waals surface area (Å²) in [6.07, 6.45) is 2.57. The standard InChI is InChI=1S/C50H70N6O7/c1-30-40-25-36(50(40,3)4)26-41(30)52-48(60)45-44(31(2)58)43(29-57)63-56(45)27-33-17-13-18-39(46(33)62-9)34-22-35(24-38(23-34)55-20-14-19-42(55)49(61)54(7)8)47(59)51-37(28-53(5)6)21-32-15-11-10-12-16-32/h10-13,15-18,22-24,30-31,36-37,40-45,57-58H,14,19-21,25-29H2,1-9H3,(H,51,59)(H,52,60)/t30-,31-,36-,37-,40+,41-,42+,43-,44+,45-/m0/s1. The van der Waals surface area contributed by atoms with Crippen LogP contribution in [0.3, 0.4) is 0 Å². The molecule has 2 saturated heterocycles. The Hall–Kier alpha value is -4.53. The number of para-hydroxylation sites is 1. The molecule has 13 nitrogen and oxygen atoms in total. The molecule has 3 aromatic rings. The van der Waals surface area contributed by atoms with Crippen LogP contribution in [-0.4, -0.2) is 134 Å². The van der Waals surface area contributed by atoms with Crippen molar-refractivity contribution in [3.05, 3.63) is 83.4 Å². The predicted molar refractivity (Wildman–Crippen MR) is 245 cm³/mol. The molecule has 10 atom stereocenters. The summed E-state index contributed by atoms with van der Waals surface area (Å²) in [6, 6.07) is 20.3. The van der Waals surface area contributed by atoms with Crippen LogP contribution in [-0.2, 0) is 27.4 Å². The fourth-order valence-electron chi connectivity index (χ4n) is 11.3. The highest BCUT2D eigenvalue weighted by Gasteiger charge is 2.57. The van der Waals surface area contributed by atoms with Crippen molar-refractivity contribution in [3.63, 3.8) is 0 Å². The van der Waals surface area contributed by atoms with Crippen LogP contribution in [0.25, 0.3) is 11.1 Å². The van der Waals surface area contributed by atoms with Gasteiger partial charge >= 0.3 is 0 Å². The number of ether oxygens (including phenoxy) is 1. The van der Waals surface area contributed by atoms with Gasteiger partial charge in [-0.3, -0.25) is 19.2 Å². The van der Waals surface area contributed by atoms with Gasteiger partial charge in [-0.15, -0.1) is 0 Å². The third-order valence-corrected chi connectivity index (χ3v) is 14.7. The van der Waals surface area contributed by atoms with Gasteiger partial charge in [-0.2, -0.15) is 5.06 Å². The molecule has 0 spiro atoms. The lowest BCUT2D eigenvalue weighted by Gasteiger charge is -2.62. The van der Waals surface area contributed by atoms with Gasteiger partial charge in [0.1, 0.15) is 23.9 Å². The van der Waals surface area contributed by atoms with E-state index in [-0.39, 0.29) is 54.4 Å². The number of anilines is 1. The summed E-state index contributed by atoms with van der Waals surface area (Å²) in [7, 11) is 9.13. The normalized spacial score (nSPS) is 27.4. The van der Waals surface area contributed by atoms with Crippen molar-refractivity contribution in [2.45, 2.75) is 103 Å². The summed E-state index contributed by atoms with van der Waals surface area (Å²) in [4.78, 5) is 54.5. The first-order valence-corrected chi connectivity index (χ1v) is 22.8. The maximum absolute atomic E-state index is 14.5. The number of amides is 3. The Morgan fingerprint density at radius 3 is 2.40 bits per heavy atom. The van der Waals surface area contributed by atoms with Gasteiger partial charge in [0.15, 0.2) is 0 Å². The third-order valence-electron chi connectivity index (χ3n) is 14.7. The molecule has 63 heavy (non-hydrogen) atoms. The van der Waals surface area contributed by atoms with E-state index in [0.29, 0.717) is 55.0 Å². The number of aliphatic hydroxyl groups excluding tert-OH is 2. The summed E-state index contributed by atoms with van der Waals surface area (Å²) in [6.45, 7) is 9.60. The molecule has 4 N–H and O–H groups in total. The minimum absolute atomic E-state index is 0.00945. The molecule has 8 rings (SSSR count). The van der Waals surface area contributed by atoms with Crippen molar-refractivity contribution in [2.24, 2.45) is 29.1 Å². The van der Waals surface area contributed by atoms with Gasteiger partial charge in [0.25, 0.3) is 5.91 Å². The van der Waals surface area contributed by atoms with Gasteiger partial charge in [-0.05, 0) is 106 Å². The van der Waals surface area contributed by atoms with E-state index < -0.39 is 24.2 Å². The first-order chi connectivity index (χ1) is 30.0. The zero-order valence-electron chi connectivity index (χ0n) is 38.7. The average molecular weight is 867 g/mol. The third kappa shape index (κ3) is 9.64. The van der Waals surface area contributed by atoms with Gasteiger partial charge in [0.2, 0.25) is 11.8 Å². The lowest BCUT2D eigenvalue weighted by molar-refractivity contribution is -0.183. The summed E-state index contributed by atoms with van der Waals surface area (Å²) >= 11 is 0. The SMILES string of the molecule is COc1c(CN2O[C@@H](CO)[C@@H]([C@H](C)O)[C@H]2C(=O)N[C@H]2C[C@@H]3C[C@H]([C@@H]2C)C3(C)C)cccc1-c1cc(C(=O)N[C@@H](Cc2ccccc2)CN(C)C)cc(N2CCC[C@@H]2C(=O)N(C)C)c1. The van der Waals surface area contributed by atoms with E-state index in [9.17, 15) is 24.6 Å². The van der Waals surface area contributed by atoms with Crippen LogP contribution in [0, 0.1) is 29.1 Å². The van der Waals surface area contributed by atoms with Crippen molar-refractivity contribution >= 4 is 23.4 Å². The highest BCUT2D eigenvalue weighted by molar-refractivity contribution is 5.98. The van der Waals surface area contributed by atoms with E-state index in [0.717, 1.165) is 40.8 Å². The van der Waals surface area contributed by atoms with Gasteiger partial charge in [-0.1, -0.05) is 69.3 Å². The second kappa shape index (κ2) is 19.3. The number of carbonyl (C=O) groups excluding carboxylic acids is 3. The van der Waals surface area contributed by atoms with Crippen LogP contribution in [0.5, 0.6) is 5.75 Å². The van der Waals surface area contributed by atoms with E-state index in [1.165, 1.54) is 6.42 Å². The summed E-state index contributed by atoms with van der Waals surface area (Å²) in [5, 5.41) is 29.9. The maximum atomic E-state index is 14.5. The van der Waals surface area contributed by atoms with Gasteiger partial charge in [0.05, 0.1) is 26.4 Å². The monoisotopic (exact) mass is 867 g/mol. The van der Waals surface area contributed by atoms with Crippen molar-refractivity contribution in [3.8, 4) is 16.9 Å². The highest BCUT2D eigenvalue weighted by atomic mass is 16.7. The molecule has 3 amide bonds. The second-order valence-electron chi connectivity index (χ2n) is 19.7. The molecule has 2 bridgehead atoms. The number of methoxy groups -OCH3 is 1. The largest absolute Gasteiger partial charge is 0.496 e. The van der Waals surface area contributed by atoms with E-state index in [1.807, 2.05) is 68.7 Å². The average Bonchev–Trinajstić information content (AvgIpc) is 3.89. The number of hydroxylamine groups is 2. The number of fused-ring (bicyclic) bond motifs is 2. The Kier molecular flexibility index (Phi) is 14.2. The number of aliphatic hydroxyl groups is 2. The number of hydrogen-bond donors (Lipinski definition) is 4. The first-order valence-electron chi connectivity index (χ1n) is 22.8. The van der Waals surface area contributed by atoms with E-state index in [4.69, 9.17) is 9.57 Å². The van der Waals surface area contributed by atoms with Gasteiger partial charge < -0.3 is 40.3 Å². The Balaban J connectivity index is 1.23. The van der Waals surface area contributed by atoms with Crippen LogP contribution >= 0.6 is 0 Å². The van der Waals surface area contributed by atoms with Crippen LogP contribution in [0.1, 0.15) is 74.9 Å². The maximum Gasteiger partial charge on any atom is 0.251 e. The quantitative estimate of drug-likeness (QED) is 0.156. The molecule has 0 radical (unpaired) electrons. The Morgan fingerprint density at radius 1 is 1.02 bits per heavy atom. The molecule has 0 unspecified atom stereocenters. The Bertz CT molecular complexity index is 2090. The molecular formula is C50H70N6O7. The smallest absolute Gasteiger partial charge is 0.251 e. The summed E-state index contributed by atoms with van der Waals surface area (Å²) in [5.41, 5.74) is 4.77. The van der Waals surface area contributed by atoms with Gasteiger partial charge in [-0.25, -0.2) is 0 Å². The van der Waals surface area contributed by atoms with Crippen molar-refractivity contribution < 1.29 is 34.2 Å². The van der Waals surface area contributed by atoms with Crippen LogP contribution < -0.4 is 20.3 Å². The van der Waals surface area contributed by atoms with E-state index in [1.54, 1.807) is 38.1 Å². The molecule has 13 heteroatoms. The topological polar surface area (TPSA) is 147 Å². The number of nitrogens with one attached hydrogen (secondary N) is 2. The van der Waals surface area contributed by atoms with Crippen molar-refractivity contribution in [1.29, 1.82) is 0 Å². The van der Waals surface area contributed by atoms with Crippen molar-refractivity contribution in [1.82, 2.24) is 25.5 Å². The molecule has 5 fully saturated rings.